The molecule has 0 bridgehead atoms. The van der Waals surface area contributed by atoms with E-state index in [0.717, 1.165) is 22.3 Å². The van der Waals surface area contributed by atoms with Crippen molar-refractivity contribution < 1.29 is 88.2 Å². The number of nitrogen functional groups attached to an aromatic ring is 2. The Balaban J connectivity index is 0.817. The third kappa shape index (κ3) is 16.3. The maximum Gasteiger partial charge on any atom is 0.490 e. The van der Waals surface area contributed by atoms with Gasteiger partial charge in [-0.15, -0.1) is 0 Å². The molecule has 4 aromatic heterocycles. The number of nitrogens with two attached hydrogens (primary N) is 2. The molecule has 2 aliphatic heterocycles. The summed E-state index contributed by atoms with van der Waals surface area (Å²) < 4.78 is 119. The predicted molar refractivity (Wildman–Crippen MR) is 301 cm³/mol. The fourth-order valence-electron chi connectivity index (χ4n) is 9.64. The van der Waals surface area contributed by atoms with Crippen LogP contribution in [0.15, 0.2) is 147 Å². The minimum absolute atomic E-state index is 0.0691. The van der Waals surface area contributed by atoms with E-state index in [0.29, 0.717) is 25.7 Å². The van der Waals surface area contributed by atoms with E-state index in [9.17, 15) is 37.8 Å². The van der Waals surface area contributed by atoms with Gasteiger partial charge in [0.2, 0.25) is 0 Å². The van der Waals surface area contributed by atoms with Crippen LogP contribution in [0.1, 0.15) is 34.7 Å². The summed E-state index contributed by atoms with van der Waals surface area (Å²) in [5, 5.41) is 0. The SMILES string of the molecule is Nc1ncnc2c1ncn2[C@@H]1O[C@H](COP(=O)(O)OP(=O)(O)OP(=O)(O)OP(=O)(O)OC[C@H]2O[C@@H](n3cnc4c(N)ncnc43)[C@H](OCCc3ccccc3)[C@@H]2OCCc2ccccc2)[C@@H](OCCc2ccccc2)[C@H]1OCCc1ccccc1. The lowest BCUT2D eigenvalue weighted by Gasteiger charge is -2.26. The number of nitrogens with zero attached hydrogens (tertiary/aromatic N) is 8. The molecule has 4 unspecified atom stereocenters. The highest BCUT2D eigenvalue weighted by molar-refractivity contribution is 7.69. The molecule has 0 spiro atoms. The summed E-state index contributed by atoms with van der Waals surface area (Å²) >= 11 is 0. The Bertz CT molecular complexity index is 3440. The molecule has 12 atom stereocenters. The molecule has 2 saturated heterocycles. The summed E-state index contributed by atoms with van der Waals surface area (Å²) in [5.41, 5.74) is 16.9. The molecule has 8 aromatic rings. The van der Waals surface area contributed by atoms with Crippen molar-refractivity contribution in [3.05, 3.63) is 169 Å². The zero-order valence-corrected chi connectivity index (χ0v) is 48.6. The normalized spacial score (nSPS) is 23.6. The molecular formula is C52H60N10O19P4. The summed E-state index contributed by atoms with van der Waals surface area (Å²) in [4.78, 5) is 68.5. The third-order valence-electron chi connectivity index (χ3n) is 13.5. The summed E-state index contributed by atoms with van der Waals surface area (Å²) in [7, 11) is -24.2. The summed E-state index contributed by atoms with van der Waals surface area (Å²) in [6, 6.07) is 37.6. The van der Waals surface area contributed by atoms with Crippen LogP contribution >= 0.6 is 31.3 Å². The minimum atomic E-state index is -6.27. The van der Waals surface area contributed by atoms with Crippen LogP contribution in [0, 0.1) is 0 Å². The second-order valence-corrected chi connectivity index (χ2v) is 25.5. The summed E-state index contributed by atoms with van der Waals surface area (Å²) in [5.74, 6) is 0.138. The molecule has 0 saturated carbocycles. The second-order valence-electron chi connectivity index (χ2n) is 19.3. The molecule has 29 nitrogen and oxygen atoms in total. The number of rotatable bonds is 30. The molecule has 0 radical (unpaired) electrons. The number of imidazole rings is 2. The smallest absolute Gasteiger partial charge is 0.382 e. The van der Waals surface area contributed by atoms with E-state index in [1.165, 1.54) is 34.4 Å². The number of benzene rings is 4. The Labute approximate surface area is 485 Å². The van der Waals surface area contributed by atoms with E-state index in [-0.39, 0.29) is 60.4 Å². The van der Waals surface area contributed by atoms with Crippen LogP contribution in [0.25, 0.3) is 22.3 Å². The van der Waals surface area contributed by atoms with Gasteiger partial charge in [0.25, 0.3) is 0 Å². The van der Waals surface area contributed by atoms with Crippen LogP contribution in [0.2, 0.25) is 0 Å². The van der Waals surface area contributed by atoms with Crippen molar-refractivity contribution >= 4 is 65.3 Å². The van der Waals surface area contributed by atoms with E-state index >= 15 is 0 Å². The Kier molecular flexibility index (Phi) is 20.2. The van der Waals surface area contributed by atoms with Crippen molar-refractivity contribution in [2.75, 3.05) is 51.1 Å². The van der Waals surface area contributed by atoms with Crippen LogP contribution in [0.4, 0.5) is 11.6 Å². The number of hydrogen-bond donors (Lipinski definition) is 6. The number of aromatic nitrogens is 8. The molecule has 2 fully saturated rings. The molecule has 8 N–H and O–H groups in total. The van der Waals surface area contributed by atoms with Crippen LogP contribution in [-0.4, -0.2) is 135 Å². The minimum Gasteiger partial charge on any atom is -0.382 e. The maximum atomic E-state index is 13.5. The van der Waals surface area contributed by atoms with Crippen LogP contribution in [0.5, 0.6) is 0 Å². The van der Waals surface area contributed by atoms with E-state index in [2.05, 4.69) is 42.8 Å². The van der Waals surface area contributed by atoms with Gasteiger partial charge < -0.3 is 59.5 Å². The van der Waals surface area contributed by atoms with E-state index < -0.39 is 93.6 Å². The zero-order chi connectivity index (χ0) is 59.6. The number of fused-ring (bicyclic) bond motifs is 2. The molecule has 10 rings (SSSR count). The molecule has 6 heterocycles. The van der Waals surface area contributed by atoms with Gasteiger partial charge in [0.05, 0.1) is 52.3 Å². The largest absolute Gasteiger partial charge is 0.490 e. The van der Waals surface area contributed by atoms with E-state index in [4.69, 9.17) is 48.9 Å². The van der Waals surface area contributed by atoms with Crippen LogP contribution in [0.3, 0.4) is 0 Å². The van der Waals surface area contributed by atoms with Crippen molar-refractivity contribution in [1.29, 1.82) is 0 Å². The standard InChI is InChI=1S/C52H60N10O19P4/c53-47-41-49(57-31-55-47)61(33-59-41)51-45(73-27-23-37-17-9-3-10-18-37)43(71-25-21-35-13-5-1-6-14-35)39(77-51)29-75-82(63,64)79-84(67,68)81-85(69,70)80-83(65,66)76-30-40-44(72-26-22-36-15-7-2-8-16-36)46(74-28-24-38-19-11-4-12-20-38)52(78-40)62-34-60-42-48(54)56-32-58-50(42)62/h1-20,31-34,39-40,43-46,51-52H,21-30H2,(H,63,64)(H,65,66)(H,67,68)(H,69,70)(H2,53,55,57)(H2,54,56,58)/t39-,40-,43-,44-,45-,46-,51-,52-/m1/s1. The lowest BCUT2D eigenvalue weighted by molar-refractivity contribution is -0.0775. The summed E-state index contributed by atoms with van der Waals surface area (Å²) in [6.45, 7) is -1.40. The first-order chi connectivity index (χ1) is 40.9. The third-order valence-corrected chi connectivity index (χ3v) is 19.4. The lowest BCUT2D eigenvalue weighted by atomic mass is 10.1. The van der Waals surface area contributed by atoms with Crippen molar-refractivity contribution in [1.82, 2.24) is 39.0 Å². The van der Waals surface area contributed by atoms with Gasteiger partial charge in [0.15, 0.2) is 35.4 Å². The van der Waals surface area contributed by atoms with Crippen molar-refractivity contribution in [3.8, 4) is 0 Å². The van der Waals surface area contributed by atoms with Crippen molar-refractivity contribution in [3.63, 3.8) is 0 Å². The number of phosphoric acid groups is 4. The maximum absolute atomic E-state index is 13.5. The number of hydrogen-bond acceptors (Lipinski definition) is 23. The van der Waals surface area contributed by atoms with Gasteiger partial charge in [-0.25, -0.2) is 48.2 Å². The molecule has 4 aromatic carbocycles. The van der Waals surface area contributed by atoms with Gasteiger partial charge in [-0.1, -0.05) is 121 Å². The fraction of sp³-hybridized carbons (Fsp3) is 0.346. The number of ether oxygens (including phenoxy) is 6. The van der Waals surface area contributed by atoms with E-state index in [1.54, 1.807) is 0 Å². The molecule has 452 valence electrons. The first-order valence-electron chi connectivity index (χ1n) is 26.4. The first kappa shape index (κ1) is 62.0. The molecule has 0 aliphatic carbocycles. The zero-order valence-electron chi connectivity index (χ0n) is 45.0. The van der Waals surface area contributed by atoms with Gasteiger partial charge >= 0.3 is 31.3 Å². The van der Waals surface area contributed by atoms with Crippen molar-refractivity contribution in [2.24, 2.45) is 0 Å². The van der Waals surface area contributed by atoms with Gasteiger partial charge in [0.1, 0.15) is 60.3 Å². The molecule has 2 aliphatic rings. The monoisotopic (exact) mass is 1250 g/mol. The quantitative estimate of drug-likeness (QED) is 0.0257. The topological polar surface area (TPSA) is 390 Å². The van der Waals surface area contributed by atoms with Gasteiger partial charge in [-0.05, 0) is 47.9 Å². The van der Waals surface area contributed by atoms with Gasteiger partial charge in [-0.2, -0.15) is 12.9 Å². The first-order valence-corrected chi connectivity index (χ1v) is 32.4. The summed E-state index contributed by atoms with van der Waals surface area (Å²) in [6.07, 6.45) is -2.13. The molecule has 85 heavy (non-hydrogen) atoms. The molecular weight excluding hydrogens is 1190 g/mol. The Morgan fingerprint density at radius 3 is 1.06 bits per heavy atom. The highest BCUT2D eigenvalue weighted by Crippen LogP contribution is 2.71. The van der Waals surface area contributed by atoms with E-state index in [1.807, 2.05) is 121 Å². The van der Waals surface area contributed by atoms with Crippen molar-refractivity contribution in [2.45, 2.75) is 74.8 Å². The highest BCUT2D eigenvalue weighted by Gasteiger charge is 2.52. The second kappa shape index (κ2) is 27.7. The fourth-order valence-corrected chi connectivity index (χ4v) is 14.6. The number of anilines is 2. The van der Waals surface area contributed by atoms with Gasteiger partial charge in [0, 0.05) is 0 Å². The Morgan fingerprint density at radius 1 is 0.424 bits per heavy atom. The van der Waals surface area contributed by atoms with Gasteiger partial charge in [-0.3, -0.25) is 18.2 Å². The van der Waals surface area contributed by atoms with Crippen LogP contribution < -0.4 is 11.5 Å². The average Bonchev–Trinajstić information content (AvgIpc) is 2.65. The predicted octanol–water partition coefficient (Wildman–Crippen LogP) is 6.62. The highest BCUT2D eigenvalue weighted by atomic mass is 31.3. The average molecular weight is 1250 g/mol. The Morgan fingerprint density at radius 2 is 0.729 bits per heavy atom. The van der Waals surface area contributed by atoms with Crippen LogP contribution in [-0.2, 0) is 94.3 Å². The Hall–Kier alpha value is -6.10. The molecule has 0 amide bonds. The lowest BCUT2D eigenvalue weighted by Crippen LogP contribution is -2.39. The number of phosphoric ester groups is 2. The molecule has 33 heteroatoms.